The highest BCUT2D eigenvalue weighted by molar-refractivity contribution is 9.10. The molecule has 0 aliphatic heterocycles. The number of hydrogen-bond donors (Lipinski definition) is 1. The van der Waals surface area contributed by atoms with Gasteiger partial charge in [-0.1, -0.05) is 43.6 Å². The van der Waals surface area contributed by atoms with Gasteiger partial charge in [-0.25, -0.2) is 0 Å². The van der Waals surface area contributed by atoms with Crippen LogP contribution in [0.25, 0.3) is 0 Å². The minimum atomic E-state index is 0.197. The predicted octanol–water partition coefficient (Wildman–Crippen LogP) is 4.47. The average Bonchev–Trinajstić information content (AvgIpc) is 2.30. The van der Waals surface area contributed by atoms with Gasteiger partial charge in [0.25, 0.3) is 0 Å². The van der Waals surface area contributed by atoms with Crippen LogP contribution in [0.5, 0.6) is 5.75 Å². The third-order valence-electron chi connectivity index (χ3n) is 3.17. The van der Waals surface area contributed by atoms with Gasteiger partial charge in [-0.2, -0.15) is 0 Å². The summed E-state index contributed by atoms with van der Waals surface area (Å²) in [5.74, 6) is 1.44. The second-order valence-corrected chi connectivity index (χ2v) is 6.63. The molecule has 2 nitrogen and oxygen atoms in total. The fraction of sp³-hybridized carbons (Fsp3) is 0.625. The molecule has 1 aromatic rings. The molecule has 0 spiro atoms. The van der Waals surface area contributed by atoms with Gasteiger partial charge in [0.1, 0.15) is 11.9 Å². The van der Waals surface area contributed by atoms with E-state index in [0.717, 1.165) is 12.3 Å². The molecule has 3 heteroatoms. The summed E-state index contributed by atoms with van der Waals surface area (Å²) in [4.78, 5) is 0. The third kappa shape index (κ3) is 5.15. The zero-order chi connectivity index (χ0) is 14.6. The largest absolute Gasteiger partial charge is 0.489 e. The van der Waals surface area contributed by atoms with Crippen molar-refractivity contribution in [3.05, 3.63) is 27.7 Å². The van der Waals surface area contributed by atoms with E-state index in [9.17, 15) is 0 Å². The van der Waals surface area contributed by atoms with Gasteiger partial charge in [0, 0.05) is 17.1 Å². The summed E-state index contributed by atoms with van der Waals surface area (Å²) in [7, 11) is 0. The van der Waals surface area contributed by atoms with Gasteiger partial charge in [0.05, 0.1) is 0 Å². The van der Waals surface area contributed by atoms with Gasteiger partial charge in [-0.3, -0.25) is 0 Å². The summed E-state index contributed by atoms with van der Waals surface area (Å²) in [5, 5.41) is 3.45. The van der Waals surface area contributed by atoms with Gasteiger partial charge in [0.2, 0.25) is 0 Å². The Morgan fingerprint density at radius 3 is 2.05 bits per heavy atom. The summed E-state index contributed by atoms with van der Waals surface area (Å²) in [6, 6.07) is 4.68. The Bertz CT molecular complexity index is 392. The van der Waals surface area contributed by atoms with Crippen molar-refractivity contribution >= 4 is 15.9 Å². The fourth-order valence-corrected chi connectivity index (χ4v) is 2.14. The zero-order valence-electron chi connectivity index (χ0n) is 12.9. The maximum atomic E-state index is 6.16. The van der Waals surface area contributed by atoms with E-state index in [1.54, 1.807) is 0 Å². The Balaban J connectivity index is 2.79. The molecule has 1 unspecified atom stereocenters. The number of nitrogens with one attached hydrogen (secondary N) is 1. The summed E-state index contributed by atoms with van der Waals surface area (Å²) < 4.78 is 7.33. The van der Waals surface area contributed by atoms with Crippen LogP contribution in [0.3, 0.4) is 0 Å². The van der Waals surface area contributed by atoms with Crippen molar-refractivity contribution in [2.45, 2.75) is 53.7 Å². The van der Waals surface area contributed by atoms with E-state index in [-0.39, 0.29) is 6.10 Å². The lowest BCUT2D eigenvalue weighted by molar-refractivity contribution is 0.146. The van der Waals surface area contributed by atoms with Crippen molar-refractivity contribution in [2.24, 2.45) is 5.92 Å². The van der Waals surface area contributed by atoms with Gasteiger partial charge < -0.3 is 10.1 Å². The number of benzene rings is 1. The van der Waals surface area contributed by atoms with Crippen molar-refractivity contribution < 1.29 is 4.74 Å². The van der Waals surface area contributed by atoms with E-state index in [0.29, 0.717) is 12.0 Å². The quantitative estimate of drug-likeness (QED) is 0.832. The average molecular weight is 328 g/mol. The van der Waals surface area contributed by atoms with Crippen LogP contribution < -0.4 is 10.1 Å². The van der Waals surface area contributed by atoms with E-state index in [4.69, 9.17) is 4.74 Å². The van der Waals surface area contributed by atoms with Crippen LogP contribution in [0.2, 0.25) is 0 Å². The Kier molecular flexibility index (Phi) is 6.34. The molecule has 0 bridgehead atoms. The molecule has 1 atom stereocenters. The summed E-state index contributed by atoms with van der Waals surface area (Å²) in [6.07, 6.45) is 0.197. The molecule has 1 aromatic carbocycles. The molecular formula is C16H26BrNO. The monoisotopic (exact) mass is 327 g/mol. The molecule has 0 saturated carbocycles. The topological polar surface area (TPSA) is 21.3 Å². The van der Waals surface area contributed by atoms with E-state index < -0.39 is 0 Å². The molecule has 0 radical (unpaired) electrons. The van der Waals surface area contributed by atoms with E-state index in [2.05, 4.69) is 74.9 Å². The predicted molar refractivity (Wildman–Crippen MR) is 86.0 cm³/mol. The standard InChI is InChI=1S/C16H26BrNO/c1-10(2)15(9-18-11(3)4)19-14-7-12(5)16(17)13(6)8-14/h7-8,10-11,15,18H,9H2,1-6H3. The second kappa shape index (κ2) is 7.30. The van der Waals surface area contributed by atoms with Crippen LogP contribution >= 0.6 is 15.9 Å². The maximum Gasteiger partial charge on any atom is 0.120 e. The number of rotatable bonds is 6. The fourth-order valence-electron chi connectivity index (χ4n) is 1.91. The molecular weight excluding hydrogens is 302 g/mol. The minimum Gasteiger partial charge on any atom is -0.489 e. The normalized spacial score (nSPS) is 13.1. The van der Waals surface area contributed by atoms with Crippen molar-refractivity contribution in [3.8, 4) is 5.75 Å². The van der Waals surface area contributed by atoms with Crippen LogP contribution in [0.4, 0.5) is 0 Å². The molecule has 0 saturated heterocycles. The van der Waals surface area contributed by atoms with Crippen molar-refractivity contribution in [3.63, 3.8) is 0 Å². The number of hydrogen-bond acceptors (Lipinski definition) is 2. The lowest BCUT2D eigenvalue weighted by atomic mass is 10.1. The summed E-state index contributed by atoms with van der Waals surface area (Å²) in [5.41, 5.74) is 2.43. The maximum absolute atomic E-state index is 6.16. The van der Waals surface area contributed by atoms with Gasteiger partial charge in [-0.15, -0.1) is 0 Å². The summed E-state index contributed by atoms with van der Waals surface area (Å²) >= 11 is 3.59. The molecule has 0 aromatic heterocycles. The van der Waals surface area contributed by atoms with Crippen molar-refractivity contribution in [1.29, 1.82) is 0 Å². The lowest BCUT2D eigenvalue weighted by Gasteiger charge is -2.25. The highest BCUT2D eigenvalue weighted by Gasteiger charge is 2.16. The molecule has 19 heavy (non-hydrogen) atoms. The Hall–Kier alpha value is -0.540. The number of halogens is 1. The minimum absolute atomic E-state index is 0.197. The highest BCUT2D eigenvalue weighted by atomic mass is 79.9. The molecule has 1 rings (SSSR count). The van der Waals surface area contributed by atoms with E-state index >= 15 is 0 Å². The number of ether oxygens (including phenoxy) is 1. The van der Waals surface area contributed by atoms with Crippen LogP contribution in [-0.4, -0.2) is 18.7 Å². The first-order valence-corrected chi connectivity index (χ1v) is 7.77. The Morgan fingerprint density at radius 2 is 1.63 bits per heavy atom. The molecule has 0 aliphatic rings. The molecule has 0 heterocycles. The molecule has 1 N–H and O–H groups in total. The lowest BCUT2D eigenvalue weighted by Crippen LogP contribution is -2.38. The highest BCUT2D eigenvalue weighted by Crippen LogP contribution is 2.27. The van der Waals surface area contributed by atoms with Gasteiger partial charge in [0.15, 0.2) is 0 Å². The van der Waals surface area contributed by atoms with Crippen molar-refractivity contribution in [2.75, 3.05) is 6.54 Å². The molecule has 108 valence electrons. The van der Waals surface area contributed by atoms with Crippen LogP contribution in [0.1, 0.15) is 38.8 Å². The van der Waals surface area contributed by atoms with Crippen LogP contribution in [0, 0.1) is 19.8 Å². The van der Waals surface area contributed by atoms with E-state index in [1.165, 1.54) is 15.6 Å². The Labute approximate surface area is 126 Å². The second-order valence-electron chi connectivity index (χ2n) is 5.83. The smallest absolute Gasteiger partial charge is 0.120 e. The Morgan fingerprint density at radius 1 is 1.11 bits per heavy atom. The number of aryl methyl sites for hydroxylation is 2. The van der Waals surface area contributed by atoms with E-state index in [1.807, 2.05) is 0 Å². The first-order chi connectivity index (χ1) is 8.81. The first kappa shape index (κ1) is 16.5. The molecule has 0 amide bonds. The van der Waals surface area contributed by atoms with Crippen molar-refractivity contribution in [1.82, 2.24) is 5.32 Å². The third-order valence-corrected chi connectivity index (χ3v) is 4.42. The SMILES string of the molecule is Cc1cc(OC(CNC(C)C)C(C)C)cc(C)c1Br. The molecule has 0 aliphatic carbocycles. The van der Waals surface area contributed by atoms with Gasteiger partial charge in [-0.05, 0) is 43.0 Å². The van der Waals surface area contributed by atoms with Crippen LogP contribution in [0.15, 0.2) is 16.6 Å². The molecule has 0 fully saturated rings. The summed E-state index contributed by atoms with van der Waals surface area (Å²) in [6.45, 7) is 13.8. The zero-order valence-corrected chi connectivity index (χ0v) is 14.5. The van der Waals surface area contributed by atoms with Crippen LogP contribution in [-0.2, 0) is 0 Å². The first-order valence-electron chi connectivity index (χ1n) is 6.98. The van der Waals surface area contributed by atoms with Gasteiger partial charge >= 0.3 is 0 Å².